The Hall–Kier alpha value is -7.62. The van der Waals surface area contributed by atoms with Gasteiger partial charge in [-0.05, 0) is 117 Å². The highest BCUT2D eigenvalue weighted by molar-refractivity contribution is 6.00. The summed E-state index contributed by atoms with van der Waals surface area (Å²) >= 11 is 0. The molecule has 8 aromatic rings. The van der Waals surface area contributed by atoms with Crippen LogP contribution in [0.3, 0.4) is 0 Å². The molecule has 0 saturated carbocycles. The van der Waals surface area contributed by atoms with Crippen molar-refractivity contribution in [2.45, 2.75) is 24.7 Å². The van der Waals surface area contributed by atoms with Crippen LogP contribution in [-0.2, 0) is 5.41 Å². The number of rotatable bonds is 5. The quantitative estimate of drug-likeness (QED) is 0.173. The molecule has 0 radical (unpaired) electrons. The third-order valence-corrected chi connectivity index (χ3v) is 13.8. The first kappa shape index (κ1) is 35.2. The van der Waals surface area contributed by atoms with E-state index >= 15 is 0 Å². The molecule has 0 N–H and O–H groups in total. The first-order valence-electron chi connectivity index (χ1n) is 21.8. The van der Waals surface area contributed by atoms with Crippen LogP contribution in [0, 0.1) is 5.92 Å². The lowest BCUT2D eigenvalue weighted by atomic mass is 9.66. The molecule has 0 fully saturated rings. The number of ether oxygens (including phenoxy) is 2. The minimum Gasteiger partial charge on any atom is -0.449 e. The van der Waals surface area contributed by atoms with Gasteiger partial charge >= 0.3 is 0 Å². The predicted octanol–water partition coefficient (Wildman–Crippen LogP) is 16.0. The normalized spacial score (nSPS) is 18.5. The molecule has 13 rings (SSSR count). The molecular weight excluding hydrogens is 755 g/mol. The monoisotopic (exact) mass is 795 g/mol. The summed E-state index contributed by atoms with van der Waals surface area (Å²) < 4.78 is 14.0. The Balaban J connectivity index is 0.947. The van der Waals surface area contributed by atoms with Gasteiger partial charge in [0, 0.05) is 28.6 Å². The van der Waals surface area contributed by atoms with Gasteiger partial charge in [-0.25, -0.2) is 0 Å². The van der Waals surface area contributed by atoms with Crippen molar-refractivity contribution in [1.29, 1.82) is 0 Å². The molecule has 0 bridgehead atoms. The Bertz CT molecular complexity index is 3270. The summed E-state index contributed by atoms with van der Waals surface area (Å²) in [6.45, 7) is 0. The van der Waals surface area contributed by atoms with E-state index in [-0.39, 0.29) is 5.41 Å². The van der Waals surface area contributed by atoms with Crippen LogP contribution >= 0.6 is 0 Å². The fourth-order valence-corrected chi connectivity index (χ4v) is 11.3. The number of fused-ring (bicyclic) bond motifs is 13. The number of allylic oxidation sites excluding steroid dienone is 8. The Morgan fingerprint density at radius 1 is 0.548 bits per heavy atom. The van der Waals surface area contributed by atoms with Crippen molar-refractivity contribution in [3.63, 3.8) is 0 Å². The van der Waals surface area contributed by atoms with Gasteiger partial charge in [0.05, 0.1) is 16.8 Å². The van der Waals surface area contributed by atoms with E-state index in [0.717, 1.165) is 59.0 Å². The maximum absolute atomic E-state index is 7.22. The Morgan fingerprint density at radius 2 is 1.27 bits per heavy atom. The Kier molecular flexibility index (Phi) is 7.77. The van der Waals surface area contributed by atoms with E-state index in [2.05, 4.69) is 211 Å². The molecule has 3 nitrogen and oxygen atoms in total. The Morgan fingerprint density at radius 3 is 2.15 bits per heavy atom. The van der Waals surface area contributed by atoms with Crippen LogP contribution in [-0.4, -0.2) is 0 Å². The average Bonchev–Trinajstić information content (AvgIpc) is 3.82. The predicted molar refractivity (Wildman–Crippen MR) is 253 cm³/mol. The zero-order valence-electron chi connectivity index (χ0n) is 34.1. The summed E-state index contributed by atoms with van der Waals surface area (Å²) in [7, 11) is 0. The molecule has 4 aliphatic carbocycles. The molecule has 5 aliphatic rings. The van der Waals surface area contributed by atoms with Crippen LogP contribution in [0.15, 0.2) is 223 Å². The van der Waals surface area contributed by atoms with Crippen molar-refractivity contribution < 1.29 is 9.47 Å². The fraction of sp³-hybridized carbons (Fsp3) is 0.0847. The lowest BCUT2D eigenvalue weighted by Crippen LogP contribution is -2.29. The smallest absolute Gasteiger partial charge is 0.178 e. The van der Waals surface area contributed by atoms with Crippen molar-refractivity contribution in [2.75, 3.05) is 4.90 Å². The standard InChI is InChI=1S/C59H41NO2/c1-2-15-38(16-3-1)43-19-6-7-20-44(43)40-29-31-41(32-30-40)60(53-28-14-18-39-17-4-5-21-45(39)53)42-33-35-54-56(37-42)62-58-55(61-54)36-34-52-57(58)48-24-10-13-27-51(48)59(52)49-25-11-8-22-46(49)47-23-9-12-26-50(47)59/h1-11,13-21,23-25,27-37,46H,12,22,26H2. The molecule has 0 aromatic heterocycles. The van der Waals surface area contributed by atoms with E-state index in [1.165, 1.54) is 55.3 Å². The largest absolute Gasteiger partial charge is 0.449 e. The van der Waals surface area contributed by atoms with Gasteiger partial charge < -0.3 is 14.4 Å². The molecular formula is C59H41NO2. The molecule has 0 amide bonds. The number of nitrogens with zero attached hydrogens (tertiary/aromatic N) is 1. The number of hydrogen-bond donors (Lipinski definition) is 0. The molecule has 62 heavy (non-hydrogen) atoms. The number of anilines is 3. The first-order valence-corrected chi connectivity index (χ1v) is 21.8. The van der Waals surface area contributed by atoms with Gasteiger partial charge in [-0.15, -0.1) is 0 Å². The van der Waals surface area contributed by atoms with Crippen LogP contribution in [0.25, 0.3) is 44.2 Å². The average molecular weight is 796 g/mol. The zero-order chi connectivity index (χ0) is 40.8. The second-order valence-corrected chi connectivity index (χ2v) is 17.0. The van der Waals surface area contributed by atoms with Crippen molar-refractivity contribution in [2.24, 2.45) is 5.92 Å². The van der Waals surface area contributed by atoms with Crippen molar-refractivity contribution >= 4 is 27.8 Å². The lowest BCUT2D eigenvalue weighted by Gasteiger charge is -2.35. The summed E-state index contributed by atoms with van der Waals surface area (Å²) in [4.78, 5) is 2.35. The van der Waals surface area contributed by atoms with Gasteiger partial charge in [0.2, 0.25) is 0 Å². The molecule has 1 heterocycles. The van der Waals surface area contributed by atoms with Crippen LogP contribution < -0.4 is 14.4 Å². The summed E-state index contributed by atoms with van der Waals surface area (Å²) in [5, 5.41) is 2.35. The topological polar surface area (TPSA) is 21.7 Å². The highest BCUT2D eigenvalue weighted by Crippen LogP contribution is 2.68. The summed E-state index contributed by atoms with van der Waals surface area (Å²) in [5.41, 5.74) is 17.2. The molecule has 8 aromatic carbocycles. The second kappa shape index (κ2) is 13.7. The molecule has 2 unspecified atom stereocenters. The highest BCUT2D eigenvalue weighted by Gasteiger charge is 2.56. The minimum atomic E-state index is -0.319. The molecule has 294 valence electrons. The van der Waals surface area contributed by atoms with Crippen LogP contribution in [0.4, 0.5) is 17.1 Å². The molecule has 2 atom stereocenters. The first-order chi connectivity index (χ1) is 30.8. The summed E-state index contributed by atoms with van der Waals surface area (Å²) in [6.07, 6.45) is 14.9. The van der Waals surface area contributed by atoms with Crippen molar-refractivity contribution in [1.82, 2.24) is 0 Å². The molecule has 3 heteroatoms. The van der Waals surface area contributed by atoms with Crippen LogP contribution in [0.2, 0.25) is 0 Å². The lowest BCUT2D eigenvalue weighted by molar-refractivity contribution is 0.360. The van der Waals surface area contributed by atoms with Crippen molar-refractivity contribution in [3.8, 4) is 56.4 Å². The van der Waals surface area contributed by atoms with Gasteiger partial charge in [0.25, 0.3) is 0 Å². The van der Waals surface area contributed by atoms with Crippen molar-refractivity contribution in [3.05, 3.63) is 234 Å². The van der Waals surface area contributed by atoms with E-state index < -0.39 is 0 Å². The SMILES string of the molecule is C1=CCC2C(=C1)C1(C3=C2C=CCC3)c2ccccc2-c2c1ccc1c2Oc2cc(N(c3ccc(-c4ccccc4-c4ccccc4)cc3)c3cccc4ccccc34)ccc2O1. The molecule has 1 spiro atoms. The third-order valence-electron chi connectivity index (χ3n) is 13.8. The summed E-state index contributed by atoms with van der Waals surface area (Å²) in [5.74, 6) is 3.33. The highest BCUT2D eigenvalue weighted by atomic mass is 16.6. The van der Waals surface area contributed by atoms with Gasteiger partial charge in [-0.3, -0.25) is 0 Å². The minimum absolute atomic E-state index is 0.319. The van der Waals surface area contributed by atoms with Crippen LogP contribution in [0.5, 0.6) is 23.0 Å². The van der Waals surface area contributed by atoms with Gasteiger partial charge in [0.1, 0.15) is 0 Å². The Labute approximate surface area is 361 Å². The second-order valence-electron chi connectivity index (χ2n) is 17.0. The maximum atomic E-state index is 7.22. The fourth-order valence-electron chi connectivity index (χ4n) is 11.3. The van der Waals surface area contributed by atoms with E-state index in [1.807, 2.05) is 0 Å². The van der Waals surface area contributed by atoms with Gasteiger partial charge in [0.15, 0.2) is 23.0 Å². The molecule has 0 saturated heterocycles. The summed E-state index contributed by atoms with van der Waals surface area (Å²) in [6, 6.07) is 63.3. The number of benzene rings is 8. The third kappa shape index (κ3) is 5.06. The van der Waals surface area contributed by atoms with E-state index in [9.17, 15) is 0 Å². The van der Waals surface area contributed by atoms with E-state index in [1.54, 1.807) is 5.57 Å². The van der Waals surface area contributed by atoms with E-state index in [0.29, 0.717) is 17.4 Å². The van der Waals surface area contributed by atoms with Gasteiger partial charge in [-0.2, -0.15) is 0 Å². The molecule has 1 aliphatic heterocycles. The van der Waals surface area contributed by atoms with Gasteiger partial charge in [-0.1, -0.05) is 164 Å². The maximum Gasteiger partial charge on any atom is 0.178 e. The number of hydrogen-bond acceptors (Lipinski definition) is 3. The van der Waals surface area contributed by atoms with Crippen LogP contribution in [0.1, 0.15) is 30.4 Å². The zero-order valence-corrected chi connectivity index (χ0v) is 34.1. The van der Waals surface area contributed by atoms with E-state index in [4.69, 9.17) is 9.47 Å².